The molecule has 42 heavy (non-hydrogen) atoms. The van der Waals surface area contributed by atoms with Gasteiger partial charge in [-0.3, -0.25) is 19.2 Å². The van der Waals surface area contributed by atoms with Gasteiger partial charge in [0.15, 0.2) is 29.9 Å². The fraction of sp³-hybridized carbons (Fsp3) is 0.250. The molecule has 0 bridgehead atoms. The van der Waals surface area contributed by atoms with Crippen molar-refractivity contribution in [3.8, 4) is 16.9 Å². The number of benzene rings is 2. The maximum absolute atomic E-state index is 15.6. The van der Waals surface area contributed by atoms with Gasteiger partial charge in [0.1, 0.15) is 22.6 Å². The minimum absolute atomic E-state index is 0.117. The number of carbonyl (C=O) groups excluding carboxylic acids is 2. The molecule has 4 aromatic rings. The summed E-state index contributed by atoms with van der Waals surface area (Å²) < 4.78 is 99.7. The molecule has 0 saturated heterocycles. The Morgan fingerprint density at radius 2 is 1.57 bits per heavy atom. The summed E-state index contributed by atoms with van der Waals surface area (Å²) in [7, 11) is 0. The van der Waals surface area contributed by atoms with Gasteiger partial charge >= 0.3 is 6.09 Å². The van der Waals surface area contributed by atoms with Crippen molar-refractivity contribution in [2.75, 3.05) is 11.5 Å². The van der Waals surface area contributed by atoms with E-state index in [1.165, 1.54) is 51.2 Å². The third-order valence-electron chi connectivity index (χ3n) is 5.64. The van der Waals surface area contributed by atoms with Gasteiger partial charge in [0.2, 0.25) is 0 Å². The Morgan fingerprint density at radius 3 is 2.17 bits per heavy atom. The summed E-state index contributed by atoms with van der Waals surface area (Å²) >= 11 is 0. The molecular formula is C28H23F6N3O5. The molecule has 14 heteroatoms. The number of alkyl halides is 2. The Balaban J connectivity index is 1.90. The van der Waals surface area contributed by atoms with Gasteiger partial charge in [-0.1, -0.05) is 18.2 Å². The van der Waals surface area contributed by atoms with Crippen LogP contribution in [-0.4, -0.2) is 39.7 Å². The molecule has 2 aromatic heterocycles. The van der Waals surface area contributed by atoms with Gasteiger partial charge < -0.3 is 9.47 Å². The van der Waals surface area contributed by atoms with Gasteiger partial charge in [-0.2, -0.15) is 0 Å². The van der Waals surface area contributed by atoms with E-state index in [-0.39, 0.29) is 16.2 Å². The Bertz CT molecular complexity index is 1720. The topological polar surface area (TPSA) is 93.1 Å². The number of aromatic amines is 1. The van der Waals surface area contributed by atoms with Crippen LogP contribution in [0.2, 0.25) is 0 Å². The number of carbonyl (C=O) groups is 2. The summed E-state index contributed by atoms with van der Waals surface area (Å²) in [6.45, 7) is 3.55. The van der Waals surface area contributed by atoms with Gasteiger partial charge in [0.25, 0.3) is 17.4 Å². The summed E-state index contributed by atoms with van der Waals surface area (Å²) in [6.07, 6.45) is -0.400. The fourth-order valence-electron chi connectivity index (χ4n) is 3.95. The molecule has 222 valence electrons. The number of rotatable bonds is 6. The molecule has 0 aliphatic rings. The van der Waals surface area contributed by atoms with E-state index in [1.54, 1.807) is 0 Å². The smallest absolute Gasteiger partial charge is 0.422 e. The average Bonchev–Trinajstić information content (AvgIpc) is 3.23. The molecule has 0 unspecified atom stereocenters. The average molecular weight is 595 g/mol. The van der Waals surface area contributed by atoms with Crippen LogP contribution in [-0.2, 0) is 4.74 Å². The Kier molecular flexibility index (Phi) is 7.85. The normalized spacial score (nSPS) is 12.0. The van der Waals surface area contributed by atoms with E-state index in [0.717, 1.165) is 22.7 Å². The zero-order valence-electron chi connectivity index (χ0n) is 22.5. The van der Waals surface area contributed by atoms with Crippen LogP contribution in [0, 0.1) is 23.3 Å². The molecule has 0 fully saturated rings. The number of ether oxygens (including phenoxy) is 2. The number of imide groups is 1. The van der Waals surface area contributed by atoms with Crippen LogP contribution in [0.25, 0.3) is 16.6 Å². The Labute approximate surface area is 234 Å². The number of nitrogens with zero attached hydrogens (tertiary/aromatic N) is 2. The number of amides is 2. The second kappa shape index (κ2) is 10.9. The molecule has 2 amide bonds. The lowest BCUT2D eigenvalue weighted by Crippen LogP contribution is -2.43. The van der Waals surface area contributed by atoms with E-state index in [9.17, 15) is 23.2 Å². The summed E-state index contributed by atoms with van der Waals surface area (Å²) in [5, 5.41) is 2.28. The first-order valence-corrected chi connectivity index (χ1v) is 12.2. The second-order valence-corrected chi connectivity index (χ2v) is 10.3. The SMILES string of the molecule is CC(F)(F)COc1cccc(-c2c(F)c(F)c(N(C(=O)OC(C)(C)C)C(=O)c3c(=O)[nH]n4ccccc34)c(F)c2F)c1. The third-order valence-corrected chi connectivity index (χ3v) is 5.64. The van der Waals surface area contributed by atoms with E-state index >= 15 is 17.6 Å². The minimum Gasteiger partial charge on any atom is -0.487 e. The fourth-order valence-corrected chi connectivity index (χ4v) is 3.95. The molecule has 0 spiro atoms. The van der Waals surface area contributed by atoms with Gasteiger partial charge in [-0.25, -0.2) is 36.0 Å². The number of hydrogen-bond donors (Lipinski definition) is 1. The highest BCUT2D eigenvalue weighted by molar-refractivity contribution is 6.21. The highest BCUT2D eigenvalue weighted by Gasteiger charge is 2.40. The van der Waals surface area contributed by atoms with Crippen LogP contribution < -0.4 is 15.2 Å². The second-order valence-electron chi connectivity index (χ2n) is 10.3. The standard InChI is InChI=1S/C28H23F6N3O5/c1-27(2,3)42-26(40)37(25(39)18-16-10-5-6-11-36(16)35-24(18)38)23-21(31)19(29)17(20(30)22(23)32)14-8-7-9-15(12-14)41-13-28(4,33)34/h5-12H,13H2,1-4H3,(H,35,38). The van der Waals surface area contributed by atoms with Crippen LogP contribution in [0.4, 0.5) is 36.8 Å². The maximum Gasteiger partial charge on any atom is 0.422 e. The number of aromatic nitrogens is 2. The van der Waals surface area contributed by atoms with Crippen LogP contribution in [0.1, 0.15) is 38.1 Å². The maximum atomic E-state index is 15.6. The number of pyridine rings is 1. The number of nitrogens with one attached hydrogen (secondary N) is 1. The lowest BCUT2D eigenvalue weighted by molar-refractivity contribution is -0.0229. The number of H-pyrrole nitrogens is 1. The molecule has 4 rings (SSSR count). The van der Waals surface area contributed by atoms with Crippen molar-refractivity contribution >= 4 is 23.2 Å². The van der Waals surface area contributed by atoms with Crippen molar-refractivity contribution in [3.63, 3.8) is 0 Å². The Hall–Kier alpha value is -4.75. The van der Waals surface area contributed by atoms with Crippen molar-refractivity contribution in [3.05, 3.63) is 87.8 Å². The minimum atomic E-state index is -3.25. The van der Waals surface area contributed by atoms with E-state index in [2.05, 4.69) is 5.10 Å². The van der Waals surface area contributed by atoms with Gasteiger partial charge in [0, 0.05) is 13.1 Å². The van der Waals surface area contributed by atoms with Crippen molar-refractivity contribution in [1.29, 1.82) is 0 Å². The van der Waals surface area contributed by atoms with Crippen LogP contribution in [0.3, 0.4) is 0 Å². The van der Waals surface area contributed by atoms with Crippen molar-refractivity contribution < 1.29 is 45.4 Å². The molecule has 1 N–H and O–H groups in total. The lowest BCUT2D eigenvalue weighted by atomic mass is 10.0. The summed E-state index contributed by atoms with van der Waals surface area (Å²) in [4.78, 5) is 39.1. The summed E-state index contributed by atoms with van der Waals surface area (Å²) in [5.74, 6) is -13.6. The van der Waals surface area contributed by atoms with E-state index in [4.69, 9.17) is 9.47 Å². The largest absolute Gasteiger partial charge is 0.487 e. The highest BCUT2D eigenvalue weighted by Crippen LogP contribution is 2.38. The van der Waals surface area contributed by atoms with Gasteiger partial charge in [-0.05, 0) is 50.6 Å². The zero-order chi connectivity index (χ0) is 31.1. The van der Waals surface area contributed by atoms with Crippen LogP contribution >= 0.6 is 0 Å². The molecule has 0 aliphatic heterocycles. The number of anilines is 1. The molecular weight excluding hydrogens is 572 g/mol. The number of halogens is 6. The summed E-state index contributed by atoms with van der Waals surface area (Å²) in [5.41, 5.74) is -6.88. The van der Waals surface area contributed by atoms with E-state index in [1.807, 2.05) is 0 Å². The van der Waals surface area contributed by atoms with Crippen LogP contribution in [0.15, 0.2) is 53.5 Å². The number of hydrogen-bond acceptors (Lipinski definition) is 5. The molecule has 0 radical (unpaired) electrons. The van der Waals surface area contributed by atoms with Crippen molar-refractivity contribution in [2.45, 2.75) is 39.2 Å². The van der Waals surface area contributed by atoms with Crippen molar-refractivity contribution in [2.24, 2.45) is 0 Å². The van der Waals surface area contributed by atoms with Crippen molar-refractivity contribution in [1.82, 2.24) is 9.61 Å². The van der Waals surface area contributed by atoms with Crippen LogP contribution in [0.5, 0.6) is 5.75 Å². The first-order valence-electron chi connectivity index (χ1n) is 12.2. The lowest BCUT2D eigenvalue weighted by Gasteiger charge is -2.27. The number of fused-ring (bicyclic) bond motifs is 1. The molecule has 0 aliphatic carbocycles. The third kappa shape index (κ3) is 5.97. The predicted molar refractivity (Wildman–Crippen MR) is 139 cm³/mol. The Morgan fingerprint density at radius 1 is 0.929 bits per heavy atom. The molecule has 0 atom stereocenters. The first kappa shape index (κ1) is 30.2. The van der Waals surface area contributed by atoms with E-state index < -0.39 is 81.3 Å². The first-order chi connectivity index (χ1) is 19.5. The molecule has 0 saturated carbocycles. The quantitative estimate of drug-likeness (QED) is 0.204. The summed E-state index contributed by atoms with van der Waals surface area (Å²) in [6, 6.07) is 8.40. The highest BCUT2D eigenvalue weighted by atomic mass is 19.3. The molecule has 2 aromatic carbocycles. The molecule has 8 nitrogen and oxygen atoms in total. The zero-order valence-corrected chi connectivity index (χ0v) is 22.5. The predicted octanol–water partition coefficient (Wildman–Crippen LogP) is 6.47. The van der Waals surface area contributed by atoms with Gasteiger partial charge in [0.05, 0.1) is 11.1 Å². The van der Waals surface area contributed by atoms with Gasteiger partial charge in [-0.15, -0.1) is 0 Å². The molecule has 2 heterocycles. The van der Waals surface area contributed by atoms with E-state index in [0.29, 0.717) is 6.92 Å². The monoisotopic (exact) mass is 595 g/mol.